The first-order chi connectivity index (χ1) is 8.91. The van der Waals surface area contributed by atoms with Crippen LogP contribution in [0.3, 0.4) is 0 Å². The number of hydrogen-bond donors (Lipinski definition) is 1. The fourth-order valence-corrected chi connectivity index (χ4v) is 1.90. The van der Waals surface area contributed by atoms with Gasteiger partial charge in [-0.05, 0) is 12.0 Å². The molecule has 0 aliphatic carbocycles. The van der Waals surface area contributed by atoms with Gasteiger partial charge in [0.1, 0.15) is 18.0 Å². The molecule has 0 atom stereocenters. The summed E-state index contributed by atoms with van der Waals surface area (Å²) in [6.07, 6.45) is 1.16. The van der Waals surface area contributed by atoms with E-state index >= 15 is 0 Å². The molecule has 19 heavy (non-hydrogen) atoms. The molecule has 0 saturated heterocycles. The Morgan fingerprint density at radius 3 is 2.26 bits per heavy atom. The lowest BCUT2D eigenvalue weighted by molar-refractivity contribution is 0.496. The number of aromatic nitrogens is 2. The largest absolute Gasteiger partial charge is 0.383 e. The van der Waals surface area contributed by atoms with Gasteiger partial charge in [-0.1, -0.05) is 13.8 Å². The number of nitrogens with zero attached hydrogens (tertiary/aromatic N) is 2. The predicted octanol–water partition coefficient (Wildman–Crippen LogP) is 3.27. The zero-order valence-corrected chi connectivity index (χ0v) is 10.4. The van der Waals surface area contributed by atoms with E-state index in [4.69, 9.17) is 5.73 Å². The van der Waals surface area contributed by atoms with Crippen molar-refractivity contribution in [3.63, 3.8) is 0 Å². The van der Waals surface area contributed by atoms with Gasteiger partial charge >= 0.3 is 0 Å². The molecule has 3 nitrogen and oxygen atoms in total. The third-order valence-corrected chi connectivity index (χ3v) is 2.76. The molecule has 0 unspecified atom stereocenters. The van der Waals surface area contributed by atoms with Crippen LogP contribution in [0.5, 0.6) is 0 Å². The number of halogens is 3. The molecule has 6 heteroatoms. The van der Waals surface area contributed by atoms with Gasteiger partial charge in [0.2, 0.25) is 0 Å². The Morgan fingerprint density at radius 1 is 1.00 bits per heavy atom. The average Bonchev–Trinajstić information content (AvgIpc) is 2.33. The van der Waals surface area contributed by atoms with E-state index in [0.717, 1.165) is 12.4 Å². The Kier molecular flexibility index (Phi) is 3.42. The molecule has 0 fully saturated rings. The number of hydrogen-bond acceptors (Lipinski definition) is 3. The van der Waals surface area contributed by atoms with Crippen LogP contribution in [0.15, 0.2) is 18.5 Å². The van der Waals surface area contributed by atoms with Crippen molar-refractivity contribution in [1.29, 1.82) is 0 Å². The van der Waals surface area contributed by atoms with Crippen LogP contribution in [-0.2, 0) is 0 Å². The Morgan fingerprint density at radius 2 is 1.63 bits per heavy atom. The molecule has 0 aliphatic rings. The number of benzene rings is 1. The Hall–Kier alpha value is -2.11. The summed E-state index contributed by atoms with van der Waals surface area (Å²) >= 11 is 0. The fraction of sp³-hybridized carbons (Fsp3) is 0.231. The maximum atomic E-state index is 13.8. The van der Waals surface area contributed by atoms with Gasteiger partial charge in [-0.3, -0.25) is 0 Å². The van der Waals surface area contributed by atoms with Crippen LogP contribution in [0.4, 0.5) is 19.0 Å². The van der Waals surface area contributed by atoms with Gasteiger partial charge < -0.3 is 5.73 Å². The second-order valence-corrected chi connectivity index (χ2v) is 4.42. The summed E-state index contributed by atoms with van der Waals surface area (Å²) in [5.41, 5.74) is 6.29. The van der Waals surface area contributed by atoms with Crippen molar-refractivity contribution in [2.45, 2.75) is 19.8 Å². The summed E-state index contributed by atoms with van der Waals surface area (Å²) in [6, 6.07) is 1.27. The molecule has 0 bridgehead atoms. The van der Waals surface area contributed by atoms with Gasteiger partial charge in [-0.15, -0.1) is 0 Å². The van der Waals surface area contributed by atoms with Crippen LogP contribution in [-0.4, -0.2) is 9.97 Å². The highest BCUT2D eigenvalue weighted by Gasteiger charge is 2.19. The lowest BCUT2D eigenvalue weighted by atomic mass is 9.97. The monoisotopic (exact) mass is 267 g/mol. The van der Waals surface area contributed by atoms with Gasteiger partial charge in [-0.2, -0.15) is 0 Å². The second-order valence-electron chi connectivity index (χ2n) is 4.42. The molecule has 100 valence electrons. The van der Waals surface area contributed by atoms with Crippen LogP contribution in [0, 0.1) is 17.5 Å². The minimum atomic E-state index is -1.24. The van der Waals surface area contributed by atoms with E-state index in [1.165, 1.54) is 0 Å². The van der Waals surface area contributed by atoms with Crippen LogP contribution in [0.2, 0.25) is 0 Å². The van der Waals surface area contributed by atoms with E-state index in [-0.39, 0.29) is 23.0 Å². The molecular formula is C13H12F3N3. The van der Waals surface area contributed by atoms with E-state index in [9.17, 15) is 13.2 Å². The summed E-state index contributed by atoms with van der Waals surface area (Å²) in [4.78, 5) is 7.77. The fourth-order valence-electron chi connectivity index (χ4n) is 1.90. The second kappa shape index (κ2) is 4.87. The van der Waals surface area contributed by atoms with Gasteiger partial charge in [0.15, 0.2) is 11.6 Å². The van der Waals surface area contributed by atoms with E-state index in [0.29, 0.717) is 11.6 Å². The summed E-state index contributed by atoms with van der Waals surface area (Å²) in [5.74, 6) is -3.15. The van der Waals surface area contributed by atoms with Crippen molar-refractivity contribution in [1.82, 2.24) is 9.97 Å². The van der Waals surface area contributed by atoms with E-state index in [1.807, 2.05) is 13.8 Å². The minimum absolute atomic E-state index is 0.0799. The molecule has 0 amide bonds. The minimum Gasteiger partial charge on any atom is -0.383 e. The zero-order valence-electron chi connectivity index (χ0n) is 10.4. The van der Waals surface area contributed by atoms with Crippen molar-refractivity contribution in [2.75, 3.05) is 5.73 Å². The van der Waals surface area contributed by atoms with Crippen molar-refractivity contribution in [3.8, 4) is 11.3 Å². The van der Waals surface area contributed by atoms with Gasteiger partial charge in [-0.25, -0.2) is 23.1 Å². The van der Waals surface area contributed by atoms with Crippen molar-refractivity contribution < 1.29 is 13.2 Å². The highest BCUT2D eigenvalue weighted by molar-refractivity contribution is 5.68. The molecule has 2 aromatic rings. The van der Waals surface area contributed by atoms with Crippen molar-refractivity contribution in [2.24, 2.45) is 0 Å². The highest BCUT2D eigenvalue weighted by Crippen LogP contribution is 2.32. The maximum Gasteiger partial charge on any atom is 0.161 e. The Balaban J connectivity index is 2.72. The van der Waals surface area contributed by atoms with Crippen LogP contribution in [0.1, 0.15) is 25.3 Å². The van der Waals surface area contributed by atoms with Gasteiger partial charge in [0.25, 0.3) is 0 Å². The average molecular weight is 267 g/mol. The molecule has 0 aliphatic heterocycles. The lowest BCUT2D eigenvalue weighted by Crippen LogP contribution is -2.05. The molecule has 1 aromatic heterocycles. The number of nitrogen functional groups attached to an aromatic ring is 1. The third kappa shape index (κ3) is 2.38. The van der Waals surface area contributed by atoms with Crippen LogP contribution >= 0.6 is 0 Å². The summed E-state index contributed by atoms with van der Waals surface area (Å²) in [7, 11) is 0. The summed E-state index contributed by atoms with van der Waals surface area (Å²) in [5, 5.41) is 0. The first-order valence-electron chi connectivity index (χ1n) is 5.67. The number of rotatable bonds is 2. The SMILES string of the molecule is CC(C)c1c(N)ncnc1-c1cc(F)c(F)cc1F. The molecule has 0 radical (unpaired) electrons. The van der Waals surface area contributed by atoms with Crippen molar-refractivity contribution >= 4 is 5.82 Å². The quantitative estimate of drug-likeness (QED) is 0.850. The first-order valence-corrected chi connectivity index (χ1v) is 5.67. The molecule has 1 aromatic carbocycles. The smallest absolute Gasteiger partial charge is 0.161 e. The van der Waals surface area contributed by atoms with E-state index in [1.54, 1.807) is 0 Å². The van der Waals surface area contributed by atoms with E-state index in [2.05, 4.69) is 9.97 Å². The molecule has 1 heterocycles. The third-order valence-electron chi connectivity index (χ3n) is 2.76. The zero-order chi connectivity index (χ0) is 14.2. The van der Waals surface area contributed by atoms with Gasteiger partial charge in [0, 0.05) is 17.2 Å². The molecule has 0 spiro atoms. The molecular weight excluding hydrogens is 255 g/mol. The topological polar surface area (TPSA) is 51.8 Å². The lowest BCUT2D eigenvalue weighted by Gasteiger charge is -2.14. The maximum absolute atomic E-state index is 13.8. The van der Waals surface area contributed by atoms with Crippen molar-refractivity contribution in [3.05, 3.63) is 41.5 Å². The standard InChI is InChI=1S/C13H12F3N3/c1-6(2)11-12(18-5-19-13(11)17)7-3-9(15)10(16)4-8(7)14/h3-6H,1-2H3,(H2,17,18,19). The van der Waals surface area contributed by atoms with Crippen LogP contribution < -0.4 is 5.73 Å². The normalized spacial score (nSPS) is 11.1. The summed E-state index contributed by atoms with van der Waals surface area (Å²) in [6.45, 7) is 3.66. The molecule has 0 saturated carbocycles. The molecule has 2 N–H and O–H groups in total. The van der Waals surface area contributed by atoms with Gasteiger partial charge in [0.05, 0.1) is 5.69 Å². The predicted molar refractivity (Wildman–Crippen MR) is 65.8 cm³/mol. The highest BCUT2D eigenvalue weighted by atomic mass is 19.2. The first kappa shape index (κ1) is 13.3. The Labute approximate surface area is 108 Å². The Bertz CT molecular complexity index is 627. The number of nitrogens with two attached hydrogens (primary N) is 1. The van der Waals surface area contributed by atoms with Crippen LogP contribution in [0.25, 0.3) is 11.3 Å². The van der Waals surface area contributed by atoms with E-state index < -0.39 is 17.5 Å². The number of anilines is 1. The molecule has 2 rings (SSSR count). The summed E-state index contributed by atoms with van der Waals surface area (Å²) < 4.78 is 40.0.